The Kier molecular flexibility index (Phi) is 6.70. The molecule has 1 fully saturated rings. The summed E-state index contributed by atoms with van der Waals surface area (Å²) in [6.45, 7) is 5.13. The van der Waals surface area contributed by atoms with Gasteiger partial charge in [-0.25, -0.2) is 27.1 Å². The number of nitrogens with zero attached hydrogens (tertiary/aromatic N) is 2. The van der Waals surface area contributed by atoms with Crippen LogP contribution in [0.3, 0.4) is 0 Å². The summed E-state index contributed by atoms with van der Waals surface area (Å²) in [6, 6.07) is 14.7. The van der Waals surface area contributed by atoms with Crippen LogP contribution >= 0.6 is 0 Å². The van der Waals surface area contributed by atoms with Gasteiger partial charge >= 0.3 is 18.2 Å². The molecule has 4 rings (SSSR count). The highest BCUT2D eigenvalue weighted by Crippen LogP contribution is 2.55. The van der Waals surface area contributed by atoms with Crippen molar-refractivity contribution in [3.8, 4) is 0 Å². The van der Waals surface area contributed by atoms with Crippen molar-refractivity contribution in [3.05, 3.63) is 60.2 Å². The van der Waals surface area contributed by atoms with E-state index in [4.69, 9.17) is 14.2 Å². The fraction of sp³-hybridized carbons (Fsp3) is 0.400. The van der Waals surface area contributed by atoms with Crippen LogP contribution in [-0.2, 0) is 29.0 Å². The van der Waals surface area contributed by atoms with E-state index in [0.717, 1.165) is 16.3 Å². The third-order valence-electron chi connectivity index (χ3n) is 6.41. The molecule has 2 aromatic carbocycles. The number of anilines is 1. The van der Waals surface area contributed by atoms with Crippen molar-refractivity contribution >= 4 is 33.9 Å². The van der Waals surface area contributed by atoms with Gasteiger partial charge in [-0.15, -0.1) is 0 Å². The minimum Gasteiger partial charge on any atom is -0.453 e. The van der Waals surface area contributed by atoms with E-state index in [0.29, 0.717) is 11.3 Å². The van der Waals surface area contributed by atoms with E-state index in [1.807, 2.05) is 13.8 Å². The van der Waals surface area contributed by atoms with E-state index in [-0.39, 0.29) is 23.8 Å². The topological polar surface area (TPSA) is 120 Å². The van der Waals surface area contributed by atoms with Gasteiger partial charge in [0.1, 0.15) is 11.7 Å². The quantitative estimate of drug-likeness (QED) is 0.434. The molecule has 2 aliphatic rings. The Morgan fingerprint density at radius 2 is 1.69 bits per heavy atom. The van der Waals surface area contributed by atoms with Gasteiger partial charge in [-0.3, -0.25) is 4.90 Å². The van der Waals surface area contributed by atoms with Crippen LogP contribution in [0.5, 0.6) is 0 Å². The smallest absolute Gasteiger partial charge is 0.453 e. The summed E-state index contributed by atoms with van der Waals surface area (Å²) in [4.78, 5) is 39.6. The van der Waals surface area contributed by atoms with E-state index in [1.165, 1.54) is 19.1 Å². The molecule has 0 radical (unpaired) electrons. The standard InChI is InChI=1S/C25H28N2O8S/c1-16(2)15-34-24(30)35-22(28)25(3)14-19-18-12-8-9-13-20(18)27(21(19)26(25)23(29)33-4)36(31,32)17-10-6-5-7-11-17/h5-13,16,19,21H,14-15H2,1-4H3/t19-,21+,25+/m1/s1. The Morgan fingerprint density at radius 3 is 2.33 bits per heavy atom. The second-order valence-electron chi connectivity index (χ2n) is 9.36. The van der Waals surface area contributed by atoms with Crippen LogP contribution in [0.1, 0.15) is 38.7 Å². The van der Waals surface area contributed by atoms with Crippen LogP contribution in [0.15, 0.2) is 59.5 Å². The molecule has 0 bridgehead atoms. The van der Waals surface area contributed by atoms with Crippen molar-refractivity contribution in [3.63, 3.8) is 0 Å². The second kappa shape index (κ2) is 9.45. The highest BCUT2D eigenvalue weighted by atomic mass is 32.2. The van der Waals surface area contributed by atoms with Crippen molar-refractivity contribution in [1.82, 2.24) is 4.90 Å². The van der Waals surface area contributed by atoms with Crippen molar-refractivity contribution in [2.75, 3.05) is 18.0 Å². The first-order valence-corrected chi connectivity index (χ1v) is 12.9. The van der Waals surface area contributed by atoms with Gasteiger partial charge in [0.15, 0.2) is 0 Å². The molecular weight excluding hydrogens is 488 g/mol. The normalized spacial score (nSPS) is 22.7. The van der Waals surface area contributed by atoms with Crippen LogP contribution < -0.4 is 4.31 Å². The first-order valence-electron chi connectivity index (χ1n) is 11.5. The maximum Gasteiger partial charge on any atom is 0.516 e. The van der Waals surface area contributed by atoms with Gasteiger partial charge in [0.25, 0.3) is 10.0 Å². The highest BCUT2D eigenvalue weighted by molar-refractivity contribution is 7.92. The third-order valence-corrected chi connectivity index (χ3v) is 8.21. The number of likely N-dealkylation sites (tertiary alicyclic amines) is 1. The molecule has 2 aromatic rings. The number of benzene rings is 2. The van der Waals surface area contributed by atoms with E-state index >= 15 is 0 Å². The predicted molar refractivity (Wildman–Crippen MR) is 129 cm³/mol. The Hall–Kier alpha value is -3.60. The van der Waals surface area contributed by atoms with Crippen molar-refractivity contribution < 1.29 is 37.0 Å². The summed E-state index contributed by atoms with van der Waals surface area (Å²) in [5.41, 5.74) is -0.663. The van der Waals surface area contributed by atoms with Gasteiger partial charge in [0.05, 0.1) is 24.3 Å². The summed E-state index contributed by atoms with van der Waals surface area (Å²) >= 11 is 0. The van der Waals surface area contributed by atoms with Gasteiger partial charge in [-0.05, 0) is 43.0 Å². The molecule has 2 heterocycles. The molecule has 0 spiro atoms. The largest absolute Gasteiger partial charge is 0.516 e. The summed E-state index contributed by atoms with van der Waals surface area (Å²) in [5, 5.41) is 0. The van der Waals surface area contributed by atoms with Gasteiger partial charge < -0.3 is 14.2 Å². The Bertz CT molecular complexity index is 1280. The number of carbonyl (C=O) groups is 3. The van der Waals surface area contributed by atoms with Crippen LogP contribution in [0.2, 0.25) is 0 Å². The average molecular weight is 517 g/mol. The number of hydrogen-bond donors (Lipinski definition) is 0. The zero-order valence-corrected chi connectivity index (χ0v) is 21.2. The fourth-order valence-electron chi connectivity index (χ4n) is 4.80. The number of carbonyl (C=O) groups excluding carboxylic acids is 3. The van der Waals surface area contributed by atoms with E-state index in [2.05, 4.69) is 0 Å². The zero-order valence-electron chi connectivity index (χ0n) is 20.4. The molecule has 1 saturated heterocycles. The number of sulfonamides is 1. The second-order valence-corrected chi connectivity index (χ2v) is 11.2. The maximum absolute atomic E-state index is 13.9. The van der Waals surface area contributed by atoms with Gasteiger partial charge in [-0.2, -0.15) is 0 Å². The molecule has 0 N–H and O–H groups in total. The molecule has 0 unspecified atom stereocenters. The molecular formula is C25H28N2O8S. The van der Waals surface area contributed by atoms with Gasteiger partial charge in [0.2, 0.25) is 0 Å². The van der Waals surface area contributed by atoms with Crippen molar-refractivity contribution in [2.45, 2.75) is 49.7 Å². The van der Waals surface area contributed by atoms with E-state index in [1.54, 1.807) is 42.5 Å². The minimum atomic E-state index is -4.16. The van der Waals surface area contributed by atoms with E-state index in [9.17, 15) is 22.8 Å². The van der Waals surface area contributed by atoms with Crippen LogP contribution in [0.25, 0.3) is 0 Å². The number of rotatable bonds is 5. The van der Waals surface area contributed by atoms with Gasteiger partial charge in [-0.1, -0.05) is 50.2 Å². The highest BCUT2D eigenvalue weighted by Gasteiger charge is 2.64. The molecule has 0 aromatic heterocycles. The summed E-state index contributed by atoms with van der Waals surface area (Å²) < 4.78 is 43.8. The monoisotopic (exact) mass is 516 g/mol. The van der Waals surface area contributed by atoms with Crippen molar-refractivity contribution in [2.24, 2.45) is 5.92 Å². The number of fused-ring (bicyclic) bond motifs is 3. The summed E-state index contributed by atoms with van der Waals surface area (Å²) in [7, 11) is -3.02. The molecule has 36 heavy (non-hydrogen) atoms. The Labute approximate surface area is 209 Å². The molecule has 2 aliphatic heterocycles. The third kappa shape index (κ3) is 4.17. The molecule has 11 heteroatoms. The lowest BCUT2D eigenvalue weighted by atomic mass is 9.90. The molecule has 0 aliphatic carbocycles. The summed E-state index contributed by atoms with van der Waals surface area (Å²) in [5.74, 6) is -1.59. The molecule has 0 saturated carbocycles. The minimum absolute atomic E-state index is 0.000877. The lowest BCUT2D eigenvalue weighted by Crippen LogP contribution is -2.59. The maximum atomic E-state index is 13.9. The Morgan fingerprint density at radius 1 is 1.06 bits per heavy atom. The zero-order chi connectivity index (χ0) is 26.3. The predicted octanol–water partition coefficient (Wildman–Crippen LogP) is 3.87. The lowest BCUT2D eigenvalue weighted by Gasteiger charge is -2.38. The first kappa shape index (κ1) is 25.5. The number of amides is 1. The van der Waals surface area contributed by atoms with Crippen molar-refractivity contribution in [1.29, 1.82) is 0 Å². The number of ether oxygens (including phenoxy) is 3. The van der Waals surface area contributed by atoms with Crippen LogP contribution in [0, 0.1) is 5.92 Å². The summed E-state index contributed by atoms with van der Waals surface area (Å²) in [6.07, 6.45) is -3.24. The number of hydrogen-bond acceptors (Lipinski definition) is 8. The number of esters is 1. The number of methoxy groups -OCH3 is 1. The van der Waals surface area contributed by atoms with Gasteiger partial charge in [0, 0.05) is 5.92 Å². The molecule has 3 atom stereocenters. The fourth-order valence-corrected chi connectivity index (χ4v) is 6.48. The van der Waals surface area contributed by atoms with Crippen LogP contribution in [0.4, 0.5) is 15.3 Å². The lowest BCUT2D eigenvalue weighted by molar-refractivity contribution is -0.151. The SMILES string of the molecule is COC(=O)N1[C@@H]2[C@H](C[C@@]1(C)C(=O)OC(=O)OCC(C)C)c1ccccc1N2S(=O)(=O)c1ccccc1. The average Bonchev–Trinajstić information content (AvgIpc) is 3.33. The molecule has 192 valence electrons. The Balaban J connectivity index is 1.79. The first-order chi connectivity index (χ1) is 17.0. The molecule has 1 amide bonds. The van der Waals surface area contributed by atoms with E-state index < -0.39 is 45.9 Å². The van der Waals surface area contributed by atoms with Crippen LogP contribution in [-0.4, -0.2) is 57.0 Å². The molecule has 10 nitrogen and oxygen atoms in total. The number of para-hydroxylation sites is 1.